The standard InChI is InChI=1S/C14H32O4Si3/c1-11(2)13(15)16-10-12(3)14(19,17-20(4,5)6)18-21(7,8)9/h12H,1,10H2,2-9,19H3. The van der Waals surface area contributed by atoms with Gasteiger partial charge in [-0.1, -0.05) is 13.5 Å². The molecule has 0 amide bonds. The molecule has 0 aromatic heterocycles. The molecule has 0 spiro atoms. The van der Waals surface area contributed by atoms with E-state index in [9.17, 15) is 4.79 Å². The summed E-state index contributed by atoms with van der Waals surface area (Å²) in [6, 6.07) is 0. The fourth-order valence-electron chi connectivity index (χ4n) is 1.91. The average Bonchev–Trinajstić information content (AvgIpc) is 2.19. The number of hydrogen-bond donors (Lipinski definition) is 0. The predicted molar refractivity (Wildman–Crippen MR) is 96.5 cm³/mol. The molecule has 0 aliphatic rings. The van der Waals surface area contributed by atoms with Crippen LogP contribution in [0.2, 0.25) is 39.3 Å². The van der Waals surface area contributed by atoms with Crippen molar-refractivity contribution in [2.45, 2.75) is 58.5 Å². The summed E-state index contributed by atoms with van der Waals surface area (Å²) in [6.45, 7) is 20.5. The lowest BCUT2D eigenvalue weighted by Crippen LogP contribution is -2.55. The van der Waals surface area contributed by atoms with E-state index in [0.717, 1.165) is 10.2 Å². The summed E-state index contributed by atoms with van der Waals surface area (Å²) < 4.78 is 18.0. The van der Waals surface area contributed by atoms with Gasteiger partial charge in [-0.15, -0.1) is 0 Å². The van der Waals surface area contributed by atoms with Gasteiger partial charge in [0.05, 0.1) is 16.8 Å². The highest BCUT2D eigenvalue weighted by Crippen LogP contribution is 2.29. The quantitative estimate of drug-likeness (QED) is 0.292. The van der Waals surface area contributed by atoms with E-state index in [2.05, 4.69) is 45.9 Å². The Morgan fingerprint density at radius 1 is 1.14 bits per heavy atom. The van der Waals surface area contributed by atoms with E-state index in [4.69, 9.17) is 13.6 Å². The second-order valence-electron chi connectivity index (χ2n) is 7.72. The molecule has 21 heavy (non-hydrogen) atoms. The molecule has 1 atom stereocenters. The molecular weight excluding hydrogens is 316 g/mol. The van der Waals surface area contributed by atoms with Crippen molar-refractivity contribution in [3.05, 3.63) is 12.2 Å². The van der Waals surface area contributed by atoms with Gasteiger partial charge in [0.25, 0.3) is 0 Å². The lowest BCUT2D eigenvalue weighted by atomic mass is 10.2. The first kappa shape index (κ1) is 20.8. The Morgan fingerprint density at radius 2 is 1.52 bits per heavy atom. The molecule has 0 fully saturated rings. The summed E-state index contributed by atoms with van der Waals surface area (Å²) >= 11 is 0. The molecule has 0 aromatic carbocycles. The van der Waals surface area contributed by atoms with Gasteiger partial charge in [0.2, 0.25) is 0 Å². The SMILES string of the molecule is C=C(C)C(=O)OCC(C)C([SiH3])(O[Si](C)(C)C)O[Si](C)(C)C. The van der Waals surface area contributed by atoms with Crippen molar-refractivity contribution < 1.29 is 18.4 Å². The normalized spacial score (nSPS) is 14.9. The molecular formula is C14H32O4Si3. The molecule has 4 nitrogen and oxygen atoms in total. The molecule has 0 saturated heterocycles. The third-order valence-electron chi connectivity index (χ3n) is 2.73. The Kier molecular flexibility index (Phi) is 7.29. The summed E-state index contributed by atoms with van der Waals surface area (Å²) in [5, 5.41) is 0. The predicted octanol–water partition coefficient (Wildman–Crippen LogP) is 2.46. The second kappa shape index (κ2) is 7.36. The van der Waals surface area contributed by atoms with Gasteiger partial charge in [0, 0.05) is 11.5 Å². The molecule has 0 aromatic rings. The Balaban J connectivity index is 5.02. The number of carbonyl (C=O) groups excluding carboxylic acids is 1. The zero-order valence-corrected chi connectivity index (χ0v) is 19.1. The van der Waals surface area contributed by atoms with Gasteiger partial charge in [-0.05, 0) is 46.2 Å². The number of carbonyl (C=O) groups is 1. The second-order valence-corrected chi connectivity index (χ2v) is 18.0. The molecule has 0 bridgehead atoms. The highest BCUT2D eigenvalue weighted by molar-refractivity contribution is 6.71. The van der Waals surface area contributed by atoms with Crippen molar-refractivity contribution in [3.8, 4) is 0 Å². The van der Waals surface area contributed by atoms with E-state index < -0.39 is 22.0 Å². The highest BCUT2D eigenvalue weighted by Gasteiger charge is 2.41. The fraction of sp³-hybridized carbons (Fsp3) is 0.786. The summed E-state index contributed by atoms with van der Waals surface area (Å²) in [5.41, 5.74) is -0.178. The topological polar surface area (TPSA) is 44.8 Å². The summed E-state index contributed by atoms with van der Waals surface area (Å²) in [5.74, 6) is -0.349. The zero-order valence-electron chi connectivity index (χ0n) is 15.1. The van der Waals surface area contributed by atoms with Crippen LogP contribution in [0.25, 0.3) is 0 Å². The first-order valence-corrected chi connectivity index (χ1v) is 15.2. The van der Waals surface area contributed by atoms with Crippen molar-refractivity contribution in [2.24, 2.45) is 5.92 Å². The van der Waals surface area contributed by atoms with Crippen LogP contribution in [-0.2, 0) is 18.4 Å². The van der Waals surface area contributed by atoms with E-state index in [0.29, 0.717) is 12.2 Å². The maximum absolute atomic E-state index is 11.6. The van der Waals surface area contributed by atoms with Crippen LogP contribution in [0.3, 0.4) is 0 Å². The van der Waals surface area contributed by atoms with Crippen LogP contribution in [0, 0.1) is 5.92 Å². The third kappa shape index (κ3) is 8.72. The molecule has 0 heterocycles. The van der Waals surface area contributed by atoms with Crippen LogP contribution in [-0.4, -0.2) is 44.9 Å². The van der Waals surface area contributed by atoms with Crippen molar-refractivity contribution in [3.63, 3.8) is 0 Å². The monoisotopic (exact) mass is 348 g/mol. The maximum Gasteiger partial charge on any atom is 0.333 e. The van der Waals surface area contributed by atoms with Gasteiger partial charge < -0.3 is 13.6 Å². The number of rotatable bonds is 8. The Morgan fingerprint density at radius 3 is 1.81 bits per heavy atom. The number of esters is 1. The van der Waals surface area contributed by atoms with Crippen LogP contribution in [0.15, 0.2) is 12.2 Å². The van der Waals surface area contributed by atoms with E-state index >= 15 is 0 Å². The maximum atomic E-state index is 11.6. The lowest BCUT2D eigenvalue weighted by Gasteiger charge is -2.44. The molecule has 0 rings (SSSR count). The van der Waals surface area contributed by atoms with Gasteiger partial charge in [-0.25, -0.2) is 4.79 Å². The first-order valence-electron chi connectivity index (χ1n) is 7.39. The Bertz CT molecular complexity index is 367. The van der Waals surface area contributed by atoms with Crippen LogP contribution in [0.4, 0.5) is 0 Å². The fourth-order valence-corrected chi connectivity index (χ4v) is 8.75. The van der Waals surface area contributed by atoms with Crippen molar-refractivity contribution in [2.75, 3.05) is 6.61 Å². The summed E-state index contributed by atoms with van der Waals surface area (Å²) in [4.78, 5) is 11.6. The van der Waals surface area contributed by atoms with E-state index in [1.807, 2.05) is 6.92 Å². The van der Waals surface area contributed by atoms with E-state index in [1.54, 1.807) is 6.92 Å². The summed E-state index contributed by atoms with van der Waals surface area (Å²) in [6.07, 6.45) is 0. The molecule has 0 saturated carbocycles. The largest absolute Gasteiger partial charge is 0.462 e. The number of ether oxygens (including phenoxy) is 1. The third-order valence-corrected chi connectivity index (χ3v) is 6.97. The first-order chi connectivity index (χ1) is 9.16. The Hall–Kier alpha value is -0.219. The molecule has 0 N–H and O–H groups in total. The van der Waals surface area contributed by atoms with Gasteiger partial charge >= 0.3 is 5.97 Å². The minimum Gasteiger partial charge on any atom is -0.462 e. The lowest BCUT2D eigenvalue weighted by molar-refractivity contribution is -0.148. The van der Waals surface area contributed by atoms with Crippen LogP contribution >= 0.6 is 0 Å². The van der Waals surface area contributed by atoms with E-state index in [1.165, 1.54) is 0 Å². The molecule has 124 valence electrons. The van der Waals surface area contributed by atoms with Gasteiger partial charge in [0.1, 0.15) is 5.41 Å². The Labute approximate surface area is 134 Å². The van der Waals surface area contributed by atoms with Crippen molar-refractivity contribution in [1.29, 1.82) is 0 Å². The molecule has 0 aliphatic heterocycles. The van der Waals surface area contributed by atoms with Gasteiger partial charge in [-0.2, -0.15) is 0 Å². The van der Waals surface area contributed by atoms with Crippen molar-refractivity contribution >= 4 is 32.8 Å². The number of hydrogen-bond acceptors (Lipinski definition) is 4. The zero-order chi connectivity index (χ0) is 17.1. The minimum absolute atomic E-state index is 0.00548. The summed E-state index contributed by atoms with van der Waals surface area (Å²) in [7, 11) is -2.79. The molecule has 0 radical (unpaired) electrons. The van der Waals surface area contributed by atoms with Crippen LogP contribution < -0.4 is 0 Å². The minimum atomic E-state index is -1.76. The average molecular weight is 349 g/mol. The highest BCUT2D eigenvalue weighted by atomic mass is 28.4. The van der Waals surface area contributed by atoms with Crippen LogP contribution in [0.5, 0.6) is 0 Å². The molecule has 7 heteroatoms. The van der Waals surface area contributed by atoms with Gasteiger partial charge in [0.15, 0.2) is 16.6 Å². The van der Waals surface area contributed by atoms with Crippen LogP contribution in [0.1, 0.15) is 13.8 Å². The van der Waals surface area contributed by atoms with Crippen molar-refractivity contribution in [1.82, 2.24) is 0 Å². The molecule has 1 unspecified atom stereocenters. The smallest absolute Gasteiger partial charge is 0.333 e. The molecule has 0 aliphatic carbocycles. The van der Waals surface area contributed by atoms with E-state index in [-0.39, 0.29) is 11.9 Å². The van der Waals surface area contributed by atoms with Gasteiger partial charge in [-0.3, -0.25) is 0 Å².